The fourth-order valence-electron chi connectivity index (χ4n) is 1.63. The van der Waals surface area contributed by atoms with Crippen molar-refractivity contribution in [3.8, 4) is 0 Å². The van der Waals surface area contributed by atoms with E-state index >= 15 is 0 Å². The highest BCUT2D eigenvalue weighted by Gasteiger charge is 2.37. The number of nitrogens with two attached hydrogens (primary N) is 1. The van der Waals surface area contributed by atoms with Gasteiger partial charge in [0.15, 0.2) is 0 Å². The van der Waals surface area contributed by atoms with Gasteiger partial charge in [0.1, 0.15) is 5.25 Å². The molecule has 0 saturated carbocycles. The van der Waals surface area contributed by atoms with E-state index in [4.69, 9.17) is 5.14 Å². The normalized spacial score (nSPS) is 14.9. The highest BCUT2D eigenvalue weighted by Crippen LogP contribution is 2.31. The molecule has 0 fully saturated rings. The summed E-state index contributed by atoms with van der Waals surface area (Å²) >= 11 is 0. The fourth-order valence-corrected chi connectivity index (χ4v) is 2.97. The molecule has 0 radical (unpaired) electrons. The topological polar surface area (TPSA) is 80.4 Å². The molecule has 4 nitrogen and oxygen atoms in total. The summed E-state index contributed by atoms with van der Waals surface area (Å²) in [5.41, 5.74) is -0.915. The van der Waals surface area contributed by atoms with Crippen LogP contribution in [-0.4, -0.2) is 19.1 Å². The molecular weight excluding hydrogens is 214 g/mol. The molecule has 1 unspecified atom stereocenters. The van der Waals surface area contributed by atoms with Crippen molar-refractivity contribution in [3.05, 3.63) is 35.9 Å². The van der Waals surface area contributed by atoms with Crippen molar-refractivity contribution < 1.29 is 13.5 Å². The maximum Gasteiger partial charge on any atom is 0.219 e. The number of primary sulfonamides is 1. The van der Waals surface area contributed by atoms with Crippen molar-refractivity contribution in [2.75, 3.05) is 0 Å². The third kappa shape index (κ3) is 3.02. The monoisotopic (exact) mass is 229 g/mol. The Hall–Kier alpha value is -0.910. The summed E-state index contributed by atoms with van der Waals surface area (Å²) in [7, 11) is -3.83. The van der Waals surface area contributed by atoms with E-state index in [2.05, 4.69) is 0 Å². The zero-order chi connectivity index (χ0) is 11.7. The quantitative estimate of drug-likeness (QED) is 0.804. The molecule has 1 rings (SSSR count). The first-order chi connectivity index (χ1) is 6.73. The zero-order valence-corrected chi connectivity index (χ0v) is 9.53. The standard InChI is InChI=1S/C10H15NO3S/c1-10(2,12)9(15(11,13)14)8-6-4-3-5-7-8/h3-7,9,12H,1-2H3,(H2,11,13,14). The van der Waals surface area contributed by atoms with Gasteiger partial charge < -0.3 is 5.11 Å². The lowest BCUT2D eigenvalue weighted by molar-refractivity contribution is 0.0747. The molecule has 84 valence electrons. The van der Waals surface area contributed by atoms with Gasteiger partial charge in [-0.3, -0.25) is 0 Å². The van der Waals surface area contributed by atoms with Gasteiger partial charge in [-0.15, -0.1) is 0 Å². The Bertz CT molecular complexity index is 420. The molecule has 1 atom stereocenters. The van der Waals surface area contributed by atoms with E-state index in [0.717, 1.165) is 0 Å². The predicted octanol–water partition coefficient (Wildman–Crippen LogP) is 0.787. The van der Waals surface area contributed by atoms with E-state index in [1.165, 1.54) is 13.8 Å². The van der Waals surface area contributed by atoms with Crippen LogP contribution in [0.25, 0.3) is 0 Å². The third-order valence-electron chi connectivity index (χ3n) is 2.07. The Kier molecular flexibility index (Phi) is 3.18. The highest BCUT2D eigenvalue weighted by atomic mass is 32.2. The lowest BCUT2D eigenvalue weighted by Crippen LogP contribution is -2.38. The molecule has 3 N–H and O–H groups in total. The molecule has 0 bridgehead atoms. The Labute approximate surface area is 89.8 Å². The van der Waals surface area contributed by atoms with Crippen molar-refractivity contribution in [1.82, 2.24) is 0 Å². The number of benzene rings is 1. The summed E-state index contributed by atoms with van der Waals surface area (Å²) in [5, 5.41) is 13.8. The molecule has 0 aliphatic rings. The van der Waals surface area contributed by atoms with Gasteiger partial charge in [0.05, 0.1) is 5.60 Å². The molecular formula is C10H15NO3S. The van der Waals surface area contributed by atoms with Crippen LogP contribution < -0.4 is 5.14 Å². The van der Waals surface area contributed by atoms with Crippen LogP contribution in [0.2, 0.25) is 0 Å². The van der Waals surface area contributed by atoms with Gasteiger partial charge in [0, 0.05) is 0 Å². The van der Waals surface area contributed by atoms with E-state index in [9.17, 15) is 13.5 Å². The van der Waals surface area contributed by atoms with Crippen LogP contribution in [0.3, 0.4) is 0 Å². The van der Waals surface area contributed by atoms with Crippen LogP contribution in [0.1, 0.15) is 24.7 Å². The summed E-state index contributed by atoms with van der Waals surface area (Å²) in [6.07, 6.45) is 0. The number of hydrogen-bond donors (Lipinski definition) is 2. The van der Waals surface area contributed by atoms with Crippen molar-refractivity contribution in [2.45, 2.75) is 24.7 Å². The van der Waals surface area contributed by atoms with Crippen molar-refractivity contribution in [3.63, 3.8) is 0 Å². The van der Waals surface area contributed by atoms with Crippen LogP contribution in [0.5, 0.6) is 0 Å². The third-order valence-corrected chi connectivity index (χ3v) is 3.58. The van der Waals surface area contributed by atoms with Crippen LogP contribution >= 0.6 is 0 Å². The minimum Gasteiger partial charge on any atom is -0.389 e. The van der Waals surface area contributed by atoms with Crippen molar-refractivity contribution in [1.29, 1.82) is 0 Å². The number of sulfonamides is 1. The summed E-state index contributed by atoms with van der Waals surface area (Å²) in [6.45, 7) is 2.85. The van der Waals surface area contributed by atoms with E-state index in [-0.39, 0.29) is 0 Å². The first kappa shape index (κ1) is 12.2. The first-order valence-electron chi connectivity index (χ1n) is 4.52. The van der Waals surface area contributed by atoms with Crippen molar-refractivity contribution >= 4 is 10.0 Å². The van der Waals surface area contributed by atoms with Crippen LogP contribution in [0.4, 0.5) is 0 Å². The van der Waals surface area contributed by atoms with Gasteiger partial charge in [-0.05, 0) is 19.4 Å². The second-order valence-electron chi connectivity index (χ2n) is 4.03. The average Bonchev–Trinajstić information content (AvgIpc) is 2.00. The molecule has 0 amide bonds. The van der Waals surface area contributed by atoms with Crippen molar-refractivity contribution in [2.24, 2.45) is 5.14 Å². The number of hydrogen-bond acceptors (Lipinski definition) is 3. The minimum absolute atomic E-state index is 0.493. The van der Waals surface area contributed by atoms with E-state index in [1.54, 1.807) is 30.3 Å². The fraction of sp³-hybridized carbons (Fsp3) is 0.400. The van der Waals surface area contributed by atoms with Gasteiger partial charge in [0.2, 0.25) is 10.0 Å². The summed E-state index contributed by atoms with van der Waals surface area (Å²) < 4.78 is 22.8. The molecule has 0 aliphatic carbocycles. The van der Waals surface area contributed by atoms with Gasteiger partial charge in [-0.1, -0.05) is 30.3 Å². The molecule has 0 spiro atoms. The SMILES string of the molecule is CC(C)(O)C(c1ccccc1)S(N)(=O)=O. The molecule has 1 aromatic rings. The Morgan fingerprint density at radius 3 is 2.07 bits per heavy atom. The van der Waals surface area contributed by atoms with Crippen LogP contribution in [0.15, 0.2) is 30.3 Å². The first-order valence-corrected chi connectivity index (χ1v) is 6.13. The highest BCUT2D eigenvalue weighted by molar-refractivity contribution is 7.89. The number of rotatable bonds is 3. The van der Waals surface area contributed by atoms with Gasteiger partial charge in [-0.2, -0.15) is 0 Å². The molecule has 5 heteroatoms. The second-order valence-corrected chi connectivity index (χ2v) is 5.68. The van der Waals surface area contributed by atoms with E-state index < -0.39 is 20.9 Å². The Balaban J connectivity index is 3.27. The average molecular weight is 229 g/mol. The lowest BCUT2D eigenvalue weighted by atomic mass is 9.98. The van der Waals surface area contributed by atoms with Crippen LogP contribution in [0, 0.1) is 0 Å². The summed E-state index contributed by atoms with van der Waals surface area (Å²) in [5.74, 6) is 0. The largest absolute Gasteiger partial charge is 0.389 e. The zero-order valence-electron chi connectivity index (χ0n) is 8.71. The number of aliphatic hydroxyl groups is 1. The molecule has 0 aliphatic heterocycles. The molecule has 0 heterocycles. The predicted molar refractivity (Wildman–Crippen MR) is 58.6 cm³/mol. The maximum atomic E-state index is 11.4. The smallest absolute Gasteiger partial charge is 0.219 e. The van der Waals surface area contributed by atoms with E-state index in [1.807, 2.05) is 0 Å². The molecule has 15 heavy (non-hydrogen) atoms. The molecule has 0 saturated heterocycles. The molecule has 1 aromatic carbocycles. The Morgan fingerprint density at radius 1 is 1.27 bits per heavy atom. The summed E-state index contributed by atoms with van der Waals surface area (Å²) in [4.78, 5) is 0. The lowest BCUT2D eigenvalue weighted by Gasteiger charge is -2.27. The van der Waals surface area contributed by atoms with E-state index in [0.29, 0.717) is 5.56 Å². The van der Waals surface area contributed by atoms with Gasteiger partial charge in [0.25, 0.3) is 0 Å². The Morgan fingerprint density at radius 2 is 1.73 bits per heavy atom. The van der Waals surface area contributed by atoms with Crippen LogP contribution in [-0.2, 0) is 10.0 Å². The second kappa shape index (κ2) is 3.92. The van der Waals surface area contributed by atoms with Gasteiger partial charge >= 0.3 is 0 Å². The van der Waals surface area contributed by atoms with Gasteiger partial charge in [-0.25, -0.2) is 13.6 Å². The molecule has 0 aromatic heterocycles. The maximum absolute atomic E-state index is 11.4. The summed E-state index contributed by atoms with van der Waals surface area (Å²) in [6, 6.07) is 8.45. The minimum atomic E-state index is -3.83.